The van der Waals surface area contributed by atoms with E-state index in [9.17, 15) is 24.5 Å². The van der Waals surface area contributed by atoms with Crippen LogP contribution in [0.1, 0.15) is 33.6 Å². The number of Topliss-reactive ketones (excluding diaryl/α,β-unsaturated/α-hetero) is 1. The highest BCUT2D eigenvalue weighted by Crippen LogP contribution is 2.27. The smallest absolute Gasteiger partial charge is 0.303 e. The second kappa shape index (κ2) is 8.56. The molecule has 2 aromatic carbocycles. The van der Waals surface area contributed by atoms with Gasteiger partial charge in [0.1, 0.15) is 11.4 Å². The van der Waals surface area contributed by atoms with E-state index >= 15 is 0 Å². The van der Waals surface area contributed by atoms with Gasteiger partial charge in [0.2, 0.25) is 0 Å². The predicted molar refractivity (Wildman–Crippen MR) is 95.2 cm³/mol. The molecule has 0 heterocycles. The molecule has 0 aliphatic heterocycles. The molecule has 140 valence electrons. The van der Waals surface area contributed by atoms with Crippen molar-refractivity contribution < 1.29 is 29.2 Å². The van der Waals surface area contributed by atoms with E-state index in [0.717, 1.165) is 6.07 Å². The van der Waals surface area contributed by atoms with E-state index in [0.29, 0.717) is 5.75 Å². The van der Waals surface area contributed by atoms with E-state index in [1.54, 1.807) is 12.1 Å². The third-order valence-corrected chi connectivity index (χ3v) is 3.68. The number of carbonyl (C=O) groups is 3. The Morgan fingerprint density at radius 3 is 2.26 bits per heavy atom. The molecule has 2 aromatic rings. The summed E-state index contributed by atoms with van der Waals surface area (Å²) in [5, 5.41) is 22.4. The van der Waals surface area contributed by atoms with Crippen molar-refractivity contribution in [3.05, 3.63) is 63.7 Å². The molecule has 2 N–H and O–H groups in total. The number of nitrogens with one attached hydrogen (secondary N) is 1. The van der Waals surface area contributed by atoms with E-state index in [1.165, 1.54) is 31.4 Å². The third kappa shape index (κ3) is 5.11. The lowest BCUT2D eigenvalue weighted by Crippen LogP contribution is -2.13. The summed E-state index contributed by atoms with van der Waals surface area (Å²) in [6, 6.07) is 9.73. The van der Waals surface area contributed by atoms with Crippen LogP contribution in [0.25, 0.3) is 0 Å². The van der Waals surface area contributed by atoms with E-state index in [4.69, 9.17) is 9.84 Å². The van der Waals surface area contributed by atoms with Crippen LogP contribution in [-0.4, -0.2) is 34.8 Å². The molecule has 0 aliphatic carbocycles. The molecule has 0 radical (unpaired) electrons. The van der Waals surface area contributed by atoms with Crippen molar-refractivity contribution in [3.63, 3.8) is 0 Å². The van der Waals surface area contributed by atoms with Gasteiger partial charge in [-0.3, -0.25) is 24.5 Å². The summed E-state index contributed by atoms with van der Waals surface area (Å²) >= 11 is 0. The van der Waals surface area contributed by atoms with Crippen LogP contribution in [0.4, 0.5) is 11.4 Å². The van der Waals surface area contributed by atoms with Crippen molar-refractivity contribution >= 4 is 29.0 Å². The summed E-state index contributed by atoms with van der Waals surface area (Å²) in [7, 11) is 1.48. The first-order valence-electron chi connectivity index (χ1n) is 7.80. The van der Waals surface area contributed by atoms with Crippen molar-refractivity contribution in [1.29, 1.82) is 0 Å². The lowest BCUT2D eigenvalue weighted by atomic mass is 10.0. The van der Waals surface area contributed by atoms with Crippen LogP contribution < -0.4 is 10.1 Å². The number of ketones is 1. The number of hydrogen-bond acceptors (Lipinski definition) is 6. The minimum Gasteiger partial charge on any atom is -0.497 e. The quantitative estimate of drug-likeness (QED) is 0.413. The van der Waals surface area contributed by atoms with Crippen LogP contribution >= 0.6 is 0 Å². The molecule has 0 saturated carbocycles. The first-order chi connectivity index (χ1) is 12.8. The summed E-state index contributed by atoms with van der Waals surface area (Å²) in [4.78, 5) is 45.3. The zero-order valence-corrected chi connectivity index (χ0v) is 14.3. The van der Waals surface area contributed by atoms with Gasteiger partial charge >= 0.3 is 5.97 Å². The fraction of sp³-hybridized carbons (Fsp3) is 0.167. The second-order valence-electron chi connectivity index (χ2n) is 5.49. The van der Waals surface area contributed by atoms with Crippen LogP contribution in [-0.2, 0) is 4.79 Å². The van der Waals surface area contributed by atoms with Crippen molar-refractivity contribution in [2.45, 2.75) is 12.8 Å². The van der Waals surface area contributed by atoms with Gasteiger partial charge < -0.3 is 15.2 Å². The Labute approximate surface area is 153 Å². The zero-order chi connectivity index (χ0) is 20.0. The van der Waals surface area contributed by atoms with Gasteiger partial charge in [0, 0.05) is 23.6 Å². The summed E-state index contributed by atoms with van der Waals surface area (Å²) in [6.45, 7) is 0. The van der Waals surface area contributed by atoms with E-state index < -0.39 is 28.3 Å². The Balaban J connectivity index is 2.22. The number of aliphatic carboxylic acids is 1. The first-order valence-corrected chi connectivity index (χ1v) is 7.80. The number of carboxylic acids is 1. The Morgan fingerprint density at radius 2 is 1.70 bits per heavy atom. The average molecular weight is 372 g/mol. The molecular formula is C18H16N2O7. The van der Waals surface area contributed by atoms with Gasteiger partial charge in [0.05, 0.1) is 18.5 Å². The summed E-state index contributed by atoms with van der Waals surface area (Å²) in [5.41, 5.74) is -0.259. The van der Waals surface area contributed by atoms with E-state index in [-0.39, 0.29) is 29.7 Å². The number of rotatable bonds is 8. The van der Waals surface area contributed by atoms with E-state index in [2.05, 4.69) is 5.32 Å². The lowest BCUT2D eigenvalue weighted by molar-refractivity contribution is -0.383. The highest BCUT2D eigenvalue weighted by molar-refractivity contribution is 6.06. The van der Waals surface area contributed by atoms with Crippen LogP contribution in [0.5, 0.6) is 5.75 Å². The lowest BCUT2D eigenvalue weighted by Gasteiger charge is -2.08. The molecule has 0 aromatic heterocycles. The zero-order valence-electron chi connectivity index (χ0n) is 14.3. The van der Waals surface area contributed by atoms with Crippen LogP contribution in [0.15, 0.2) is 42.5 Å². The normalized spacial score (nSPS) is 10.1. The van der Waals surface area contributed by atoms with Crippen molar-refractivity contribution in [2.75, 3.05) is 12.4 Å². The first kappa shape index (κ1) is 19.6. The molecule has 2 rings (SSSR count). The number of carbonyl (C=O) groups excluding carboxylic acids is 2. The van der Waals surface area contributed by atoms with Crippen molar-refractivity contribution in [3.8, 4) is 5.75 Å². The van der Waals surface area contributed by atoms with Crippen molar-refractivity contribution in [2.24, 2.45) is 0 Å². The second-order valence-corrected chi connectivity index (χ2v) is 5.49. The highest BCUT2D eigenvalue weighted by Gasteiger charge is 2.20. The standard InChI is InChI=1S/C18H16N2O7/c1-27-13-5-2-11(3-6-13)18(24)19-14-7-4-12(10-15(14)20(25)26)16(21)8-9-17(22)23/h2-7,10H,8-9H2,1H3,(H,19,24)(H,22,23). The number of anilines is 1. The van der Waals surface area contributed by atoms with Crippen LogP contribution in [0.2, 0.25) is 0 Å². The number of nitro benzene ring substituents is 1. The molecule has 0 aliphatic rings. The number of benzene rings is 2. The largest absolute Gasteiger partial charge is 0.497 e. The fourth-order valence-corrected chi connectivity index (χ4v) is 2.26. The number of nitrogens with zero attached hydrogens (tertiary/aromatic N) is 1. The minimum atomic E-state index is -1.14. The fourth-order valence-electron chi connectivity index (χ4n) is 2.26. The molecule has 0 fully saturated rings. The predicted octanol–water partition coefficient (Wildman–Crippen LogP) is 2.90. The maximum atomic E-state index is 12.3. The van der Waals surface area contributed by atoms with Crippen LogP contribution in [0.3, 0.4) is 0 Å². The molecule has 0 bridgehead atoms. The summed E-state index contributed by atoms with van der Waals surface area (Å²) in [6.07, 6.45) is -0.646. The Hall–Kier alpha value is -3.75. The SMILES string of the molecule is COc1ccc(C(=O)Nc2ccc(C(=O)CCC(=O)O)cc2[N+](=O)[O-])cc1. The van der Waals surface area contributed by atoms with Crippen molar-refractivity contribution in [1.82, 2.24) is 0 Å². The topological polar surface area (TPSA) is 136 Å². The Morgan fingerprint density at radius 1 is 1.07 bits per heavy atom. The van der Waals surface area contributed by atoms with Gasteiger partial charge in [-0.05, 0) is 36.4 Å². The molecule has 0 atom stereocenters. The molecule has 0 saturated heterocycles. The molecule has 27 heavy (non-hydrogen) atoms. The van der Waals surface area contributed by atoms with Gasteiger partial charge in [-0.15, -0.1) is 0 Å². The maximum absolute atomic E-state index is 12.3. The monoisotopic (exact) mass is 372 g/mol. The number of nitro groups is 1. The van der Waals surface area contributed by atoms with Crippen LogP contribution in [0, 0.1) is 10.1 Å². The van der Waals surface area contributed by atoms with Gasteiger partial charge in [0.15, 0.2) is 5.78 Å². The molecule has 0 unspecified atom stereocenters. The number of amides is 1. The van der Waals surface area contributed by atoms with Gasteiger partial charge in [-0.2, -0.15) is 0 Å². The maximum Gasteiger partial charge on any atom is 0.303 e. The molecule has 9 nitrogen and oxygen atoms in total. The molecule has 0 spiro atoms. The van der Waals surface area contributed by atoms with E-state index in [1.807, 2.05) is 0 Å². The molecule has 1 amide bonds. The van der Waals surface area contributed by atoms with Gasteiger partial charge in [-0.1, -0.05) is 0 Å². The number of methoxy groups -OCH3 is 1. The summed E-state index contributed by atoms with van der Waals surface area (Å²) in [5.74, 6) is -1.68. The third-order valence-electron chi connectivity index (χ3n) is 3.68. The number of ether oxygens (including phenoxy) is 1. The average Bonchev–Trinajstić information content (AvgIpc) is 2.66. The van der Waals surface area contributed by atoms with Gasteiger partial charge in [-0.25, -0.2) is 0 Å². The Bertz CT molecular complexity index is 891. The summed E-state index contributed by atoms with van der Waals surface area (Å²) < 4.78 is 5.00. The Kier molecular flexibility index (Phi) is 6.21. The number of carboxylic acid groups (broad SMARTS) is 1. The highest BCUT2D eigenvalue weighted by atomic mass is 16.6. The van der Waals surface area contributed by atoms with Gasteiger partial charge in [0.25, 0.3) is 11.6 Å². The number of hydrogen-bond donors (Lipinski definition) is 2. The minimum absolute atomic E-state index is 0.00500. The molecular weight excluding hydrogens is 356 g/mol. The molecule has 9 heteroatoms.